The van der Waals surface area contributed by atoms with E-state index < -0.39 is 12.0 Å². The number of nitrogens with one attached hydrogen (secondary N) is 1. The average molecular weight is 986 g/mol. The standard InChI is InChI=1S/C63H108N4O4/c1-6-9-11-13-15-17-19-21-23-25-27-29-31-33-35-41-49-65(50-42-36-34-32-30-28-26-24-22-20-18-16-14-12-10-7-2)63(71)58(64-61(68)46-38-37-43-51-67(4,5)54-62(69)70)53-55-47-48-60-57(52-55)56-44-39-40-45-59(56)66(60)8-3/h39-40,44-45,47-48,52,58H,6-38,41-43,46,49-51,53-54H2,1-5H3,(H-,64,68,69,70). The Morgan fingerprint density at radius 3 is 1.41 bits per heavy atom. The first-order valence-electron chi connectivity index (χ1n) is 30.2. The van der Waals surface area contributed by atoms with Crippen LogP contribution in [-0.2, 0) is 27.3 Å². The summed E-state index contributed by atoms with van der Waals surface area (Å²) in [5.74, 6) is -1.07. The molecule has 0 saturated heterocycles. The van der Waals surface area contributed by atoms with Crippen molar-refractivity contribution >= 4 is 39.6 Å². The second-order valence-electron chi connectivity index (χ2n) is 22.4. The predicted octanol–water partition coefficient (Wildman–Crippen LogP) is 15.6. The Bertz CT molecular complexity index is 1800. The van der Waals surface area contributed by atoms with E-state index in [4.69, 9.17) is 0 Å². The van der Waals surface area contributed by atoms with Crippen LogP contribution in [0.5, 0.6) is 0 Å². The van der Waals surface area contributed by atoms with E-state index in [1.54, 1.807) is 0 Å². The summed E-state index contributed by atoms with van der Waals surface area (Å²) < 4.78 is 2.72. The lowest BCUT2D eigenvalue weighted by Crippen LogP contribution is -2.50. The van der Waals surface area contributed by atoms with Gasteiger partial charge < -0.3 is 29.2 Å². The largest absolute Gasteiger partial charge is 0.544 e. The highest BCUT2D eigenvalue weighted by atomic mass is 16.4. The van der Waals surface area contributed by atoms with Crippen LogP contribution < -0.4 is 10.4 Å². The fourth-order valence-corrected chi connectivity index (χ4v) is 11.0. The van der Waals surface area contributed by atoms with Crippen LogP contribution in [0.4, 0.5) is 0 Å². The topological polar surface area (TPSA) is 94.5 Å². The van der Waals surface area contributed by atoms with Gasteiger partial charge in [-0.25, -0.2) is 0 Å². The zero-order chi connectivity index (χ0) is 51.2. The van der Waals surface area contributed by atoms with Crippen LogP contribution in [0.2, 0.25) is 0 Å². The molecule has 1 heterocycles. The molecule has 0 bridgehead atoms. The molecule has 0 aliphatic carbocycles. The highest BCUT2D eigenvalue weighted by molar-refractivity contribution is 6.08. The molecule has 2 aromatic carbocycles. The van der Waals surface area contributed by atoms with Crippen LogP contribution in [0.15, 0.2) is 42.5 Å². The number of carbonyl (C=O) groups is 3. The van der Waals surface area contributed by atoms with Gasteiger partial charge in [0.05, 0.1) is 26.6 Å². The number of nitrogens with zero attached hydrogens (tertiary/aromatic N) is 3. The van der Waals surface area contributed by atoms with Crippen molar-refractivity contribution in [2.45, 2.75) is 271 Å². The second kappa shape index (κ2) is 39.1. The highest BCUT2D eigenvalue weighted by Gasteiger charge is 2.27. The summed E-state index contributed by atoms with van der Waals surface area (Å²) in [6.07, 6.45) is 45.5. The van der Waals surface area contributed by atoms with Gasteiger partial charge in [0, 0.05) is 54.3 Å². The Hall–Kier alpha value is -3.39. The van der Waals surface area contributed by atoms with Crippen molar-refractivity contribution < 1.29 is 24.0 Å². The minimum atomic E-state index is -1.04. The van der Waals surface area contributed by atoms with E-state index in [1.807, 2.05) is 14.1 Å². The van der Waals surface area contributed by atoms with Crippen molar-refractivity contribution in [3.8, 4) is 0 Å². The number of quaternary nitrogens is 1. The minimum Gasteiger partial charge on any atom is -0.544 e. The summed E-state index contributed by atoms with van der Waals surface area (Å²) in [5.41, 5.74) is 3.47. The summed E-state index contributed by atoms with van der Waals surface area (Å²) in [6.45, 7) is 9.81. The van der Waals surface area contributed by atoms with Crippen molar-refractivity contribution in [2.75, 3.05) is 40.3 Å². The molecule has 404 valence electrons. The van der Waals surface area contributed by atoms with E-state index in [2.05, 4.69) is 78.0 Å². The smallest absolute Gasteiger partial charge is 0.245 e. The minimum absolute atomic E-state index is 0.0234. The maximum atomic E-state index is 14.9. The SMILES string of the molecule is CCCCCCCCCCCCCCCCCCN(CCCCCCCCCCCCCCCCCC)C(=O)C(Cc1ccc2c(c1)c1ccccc1n2CC)NC(=O)CCCCC[N+](C)(C)CC(=O)[O-]. The maximum absolute atomic E-state index is 14.9. The van der Waals surface area contributed by atoms with Crippen molar-refractivity contribution in [1.29, 1.82) is 0 Å². The van der Waals surface area contributed by atoms with Gasteiger partial charge in [0.15, 0.2) is 0 Å². The molecule has 71 heavy (non-hydrogen) atoms. The second-order valence-corrected chi connectivity index (χ2v) is 22.4. The fraction of sp³-hybridized carbons (Fsp3) is 0.762. The van der Waals surface area contributed by atoms with Gasteiger partial charge in [-0.05, 0) is 62.8 Å². The van der Waals surface area contributed by atoms with E-state index in [0.29, 0.717) is 30.3 Å². The summed E-state index contributed by atoms with van der Waals surface area (Å²) in [6, 6.07) is 14.5. The number of rotatable bonds is 47. The number of fused-ring (bicyclic) bond motifs is 3. The number of para-hydroxylation sites is 1. The molecule has 0 aliphatic heterocycles. The van der Waals surface area contributed by atoms with Crippen molar-refractivity contribution in [1.82, 2.24) is 14.8 Å². The number of carbonyl (C=O) groups excluding carboxylic acids is 3. The molecule has 2 amide bonds. The molecule has 1 aromatic heterocycles. The molecule has 0 spiro atoms. The van der Waals surface area contributed by atoms with E-state index in [9.17, 15) is 19.5 Å². The Balaban J connectivity index is 1.60. The Morgan fingerprint density at radius 1 is 0.535 bits per heavy atom. The normalized spacial score (nSPS) is 12.3. The molecular weight excluding hydrogens is 877 g/mol. The van der Waals surface area contributed by atoms with Crippen LogP contribution in [0.1, 0.15) is 257 Å². The van der Waals surface area contributed by atoms with Crippen LogP contribution >= 0.6 is 0 Å². The first-order valence-corrected chi connectivity index (χ1v) is 30.2. The molecule has 1 N–H and O–H groups in total. The van der Waals surface area contributed by atoms with Crippen LogP contribution in [0, 0.1) is 0 Å². The lowest BCUT2D eigenvalue weighted by atomic mass is 10.0. The number of hydrogen-bond donors (Lipinski definition) is 1. The lowest BCUT2D eigenvalue weighted by molar-refractivity contribution is -0.885. The fourth-order valence-electron chi connectivity index (χ4n) is 11.0. The molecule has 1 unspecified atom stereocenters. The van der Waals surface area contributed by atoms with Gasteiger partial charge in [0.2, 0.25) is 11.8 Å². The lowest BCUT2D eigenvalue weighted by Gasteiger charge is -2.30. The van der Waals surface area contributed by atoms with Gasteiger partial charge in [-0.15, -0.1) is 0 Å². The maximum Gasteiger partial charge on any atom is 0.245 e. The molecule has 0 saturated carbocycles. The Kier molecular flexibility index (Phi) is 34.1. The number of hydrogen-bond acceptors (Lipinski definition) is 4. The van der Waals surface area contributed by atoms with E-state index in [0.717, 1.165) is 63.7 Å². The number of unbranched alkanes of at least 4 members (excludes halogenated alkanes) is 32. The van der Waals surface area contributed by atoms with Crippen LogP contribution in [-0.4, -0.2) is 78.0 Å². The van der Waals surface area contributed by atoms with Gasteiger partial charge in [-0.1, -0.05) is 231 Å². The first-order chi connectivity index (χ1) is 34.6. The number of benzene rings is 2. The number of likely N-dealkylation sites (N-methyl/N-ethyl adjacent to an activating group) is 1. The first kappa shape index (κ1) is 61.9. The third kappa shape index (κ3) is 27.5. The third-order valence-corrected chi connectivity index (χ3v) is 15.3. The van der Waals surface area contributed by atoms with Gasteiger partial charge in [-0.3, -0.25) is 9.59 Å². The number of aryl methyl sites for hydroxylation is 1. The van der Waals surface area contributed by atoms with E-state index in [-0.39, 0.29) is 18.4 Å². The summed E-state index contributed by atoms with van der Waals surface area (Å²) >= 11 is 0. The summed E-state index contributed by atoms with van der Waals surface area (Å²) in [7, 11) is 3.81. The number of amides is 2. The average Bonchev–Trinajstić information content (AvgIpc) is 3.67. The van der Waals surface area contributed by atoms with E-state index >= 15 is 0 Å². The monoisotopic (exact) mass is 985 g/mol. The molecule has 0 fully saturated rings. The van der Waals surface area contributed by atoms with Gasteiger partial charge in [-0.2, -0.15) is 0 Å². The van der Waals surface area contributed by atoms with Gasteiger partial charge in [0.1, 0.15) is 12.6 Å². The van der Waals surface area contributed by atoms with Gasteiger partial charge in [0.25, 0.3) is 0 Å². The zero-order valence-electron chi connectivity index (χ0n) is 46.8. The molecule has 0 aliphatic rings. The zero-order valence-corrected chi connectivity index (χ0v) is 46.8. The molecule has 3 rings (SSSR count). The van der Waals surface area contributed by atoms with Crippen LogP contribution in [0.25, 0.3) is 21.8 Å². The predicted molar refractivity (Wildman–Crippen MR) is 302 cm³/mol. The van der Waals surface area contributed by atoms with Crippen molar-refractivity contribution in [2.24, 2.45) is 0 Å². The van der Waals surface area contributed by atoms with Gasteiger partial charge >= 0.3 is 0 Å². The summed E-state index contributed by atoms with van der Waals surface area (Å²) in [4.78, 5) is 42.0. The quantitative estimate of drug-likeness (QED) is 0.0450. The van der Waals surface area contributed by atoms with Crippen molar-refractivity contribution in [3.05, 3.63) is 48.0 Å². The Labute approximate surface area is 435 Å². The molecule has 0 radical (unpaired) electrons. The molecular formula is C63H108N4O4. The molecule has 8 heteroatoms. The third-order valence-electron chi connectivity index (χ3n) is 15.3. The number of aliphatic carboxylic acids is 1. The van der Waals surface area contributed by atoms with Crippen molar-refractivity contribution in [3.63, 3.8) is 0 Å². The summed E-state index contributed by atoms with van der Waals surface area (Å²) in [5, 5.41) is 16.9. The van der Waals surface area contributed by atoms with E-state index in [1.165, 1.54) is 202 Å². The molecule has 3 aromatic rings. The van der Waals surface area contributed by atoms with Crippen LogP contribution in [0.3, 0.4) is 0 Å². The number of aromatic nitrogens is 1. The Morgan fingerprint density at radius 2 is 0.958 bits per heavy atom. The number of carboxylic acid groups (broad SMARTS) is 1. The number of carboxylic acids is 1. The molecule has 8 nitrogen and oxygen atoms in total. The molecule has 1 atom stereocenters. The highest BCUT2D eigenvalue weighted by Crippen LogP contribution is 2.30.